The summed E-state index contributed by atoms with van der Waals surface area (Å²) in [6.45, 7) is 12.9. The second-order valence-corrected chi connectivity index (χ2v) is 7.91. The minimum absolute atomic E-state index is 0.0956. The zero-order valence-corrected chi connectivity index (χ0v) is 14.3. The Morgan fingerprint density at radius 3 is 2.05 bits per heavy atom. The molecule has 1 aliphatic heterocycles. The Bertz CT molecular complexity index is 372. The number of likely N-dealkylation sites (tertiary alicyclic amines) is 1. The average Bonchev–Trinajstić information content (AvgIpc) is 2.24. The number of ether oxygens (including phenoxy) is 1. The van der Waals surface area contributed by atoms with Gasteiger partial charge in [-0.3, -0.25) is 4.79 Å². The van der Waals surface area contributed by atoms with Gasteiger partial charge in [0, 0.05) is 25.0 Å². The summed E-state index contributed by atoms with van der Waals surface area (Å²) in [4.78, 5) is 25.6. The highest BCUT2D eigenvalue weighted by atomic mass is 16.6. The molecule has 21 heavy (non-hydrogen) atoms. The maximum Gasteiger partial charge on any atom is 0.410 e. The molecule has 0 saturated carbocycles. The van der Waals surface area contributed by atoms with Crippen LogP contribution in [0.5, 0.6) is 0 Å². The van der Waals surface area contributed by atoms with Gasteiger partial charge in [0.25, 0.3) is 0 Å². The van der Waals surface area contributed by atoms with Gasteiger partial charge < -0.3 is 15.0 Å². The van der Waals surface area contributed by atoms with Crippen LogP contribution in [-0.4, -0.2) is 41.1 Å². The van der Waals surface area contributed by atoms with Gasteiger partial charge in [0.15, 0.2) is 0 Å². The molecule has 1 rings (SSSR count). The topological polar surface area (TPSA) is 58.6 Å². The number of carbonyl (C=O) groups is 2. The smallest absolute Gasteiger partial charge is 0.410 e. The molecule has 0 aliphatic carbocycles. The van der Waals surface area contributed by atoms with Gasteiger partial charge in [-0.25, -0.2) is 4.79 Å². The zero-order chi connectivity index (χ0) is 16.3. The first kappa shape index (κ1) is 17.8. The second-order valence-electron chi connectivity index (χ2n) is 7.91. The van der Waals surface area contributed by atoms with Crippen LogP contribution >= 0.6 is 0 Å². The van der Waals surface area contributed by atoms with Crippen molar-refractivity contribution in [2.24, 2.45) is 5.92 Å². The van der Waals surface area contributed by atoms with E-state index < -0.39 is 5.60 Å². The predicted molar refractivity (Wildman–Crippen MR) is 83.0 cm³/mol. The summed E-state index contributed by atoms with van der Waals surface area (Å²) in [5.41, 5.74) is -0.644. The van der Waals surface area contributed by atoms with Gasteiger partial charge >= 0.3 is 6.09 Å². The van der Waals surface area contributed by atoms with E-state index >= 15 is 0 Å². The van der Waals surface area contributed by atoms with Crippen LogP contribution in [0.3, 0.4) is 0 Å². The molecule has 0 spiro atoms. The molecule has 1 aliphatic rings. The van der Waals surface area contributed by atoms with Crippen molar-refractivity contribution in [3.63, 3.8) is 0 Å². The summed E-state index contributed by atoms with van der Waals surface area (Å²) in [7, 11) is 0. The van der Waals surface area contributed by atoms with E-state index in [0.717, 1.165) is 12.8 Å². The van der Waals surface area contributed by atoms with Crippen molar-refractivity contribution in [1.29, 1.82) is 0 Å². The molecular weight excluding hydrogens is 268 g/mol. The van der Waals surface area contributed by atoms with Crippen LogP contribution in [0.1, 0.15) is 60.8 Å². The summed E-state index contributed by atoms with van der Waals surface area (Å²) in [5.74, 6) is 0.448. The van der Waals surface area contributed by atoms with E-state index in [1.165, 1.54) is 0 Å². The highest BCUT2D eigenvalue weighted by molar-refractivity contribution is 5.77. The second kappa shape index (κ2) is 6.67. The molecule has 0 unspecified atom stereocenters. The van der Waals surface area contributed by atoms with Gasteiger partial charge in [0.1, 0.15) is 5.60 Å². The summed E-state index contributed by atoms with van der Waals surface area (Å²) >= 11 is 0. The third-order valence-corrected chi connectivity index (χ3v) is 3.25. The SMILES string of the molecule is CC(C)(C)NC(=O)CC1CCN(C(=O)OC(C)(C)C)CC1. The van der Waals surface area contributed by atoms with Crippen LogP contribution in [0.4, 0.5) is 4.79 Å². The van der Waals surface area contributed by atoms with Crippen LogP contribution in [0.25, 0.3) is 0 Å². The van der Waals surface area contributed by atoms with E-state index in [9.17, 15) is 9.59 Å². The Morgan fingerprint density at radius 2 is 1.62 bits per heavy atom. The summed E-state index contributed by atoms with van der Waals surface area (Å²) in [6, 6.07) is 0. The summed E-state index contributed by atoms with van der Waals surface area (Å²) in [6.07, 6.45) is 2.01. The number of nitrogens with zero attached hydrogens (tertiary/aromatic N) is 1. The van der Waals surface area contributed by atoms with Crippen molar-refractivity contribution in [3.8, 4) is 0 Å². The Labute approximate surface area is 128 Å². The van der Waals surface area contributed by atoms with Crippen LogP contribution in [0, 0.1) is 5.92 Å². The van der Waals surface area contributed by atoms with Crippen molar-refractivity contribution >= 4 is 12.0 Å². The molecule has 0 atom stereocenters. The molecule has 122 valence electrons. The molecule has 0 aromatic rings. The lowest BCUT2D eigenvalue weighted by atomic mass is 9.93. The number of rotatable bonds is 2. The van der Waals surface area contributed by atoms with Crippen LogP contribution in [-0.2, 0) is 9.53 Å². The van der Waals surface area contributed by atoms with Gasteiger partial charge in [0.2, 0.25) is 5.91 Å². The fourth-order valence-corrected chi connectivity index (χ4v) is 2.38. The van der Waals surface area contributed by atoms with E-state index in [2.05, 4.69) is 5.32 Å². The minimum Gasteiger partial charge on any atom is -0.444 e. The number of carbonyl (C=O) groups excluding carboxylic acids is 2. The first-order valence-electron chi connectivity index (χ1n) is 7.75. The highest BCUT2D eigenvalue weighted by Gasteiger charge is 2.28. The van der Waals surface area contributed by atoms with Gasteiger partial charge in [-0.05, 0) is 60.3 Å². The normalized spacial score (nSPS) is 17.5. The van der Waals surface area contributed by atoms with Crippen molar-refractivity contribution in [2.45, 2.75) is 71.9 Å². The molecule has 1 fully saturated rings. The van der Waals surface area contributed by atoms with Crippen molar-refractivity contribution in [1.82, 2.24) is 10.2 Å². The van der Waals surface area contributed by atoms with Gasteiger partial charge in [-0.1, -0.05) is 0 Å². The average molecular weight is 298 g/mol. The summed E-state index contributed by atoms with van der Waals surface area (Å²) < 4.78 is 5.37. The van der Waals surface area contributed by atoms with Crippen LogP contribution in [0.2, 0.25) is 0 Å². The molecule has 0 aromatic carbocycles. The maximum atomic E-state index is 12.0. The molecule has 1 N–H and O–H groups in total. The molecule has 2 amide bonds. The van der Waals surface area contributed by atoms with Gasteiger partial charge in [-0.15, -0.1) is 0 Å². The number of hydrogen-bond acceptors (Lipinski definition) is 3. The van der Waals surface area contributed by atoms with Crippen LogP contribution in [0.15, 0.2) is 0 Å². The van der Waals surface area contributed by atoms with Crippen molar-refractivity contribution in [2.75, 3.05) is 13.1 Å². The lowest BCUT2D eigenvalue weighted by Crippen LogP contribution is -2.44. The maximum absolute atomic E-state index is 12.0. The number of amides is 2. The first-order valence-corrected chi connectivity index (χ1v) is 7.75. The minimum atomic E-state index is -0.458. The standard InChI is InChI=1S/C16H30N2O3/c1-15(2,3)17-13(19)11-12-7-9-18(10-8-12)14(20)21-16(4,5)6/h12H,7-11H2,1-6H3,(H,17,19). The van der Waals surface area contributed by atoms with Crippen molar-refractivity contribution in [3.05, 3.63) is 0 Å². The molecule has 0 bridgehead atoms. The fourth-order valence-electron chi connectivity index (χ4n) is 2.38. The molecule has 0 aromatic heterocycles. The molecule has 0 radical (unpaired) electrons. The Balaban J connectivity index is 2.35. The number of hydrogen-bond donors (Lipinski definition) is 1. The lowest BCUT2D eigenvalue weighted by Gasteiger charge is -2.33. The monoisotopic (exact) mass is 298 g/mol. The number of nitrogens with one attached hydrogen (secondary N) is 1. The van der Waals surface area contributed by atoms with Gasteiger partial charge in [-0.2, -0.15) is 0 Å². The van der Waals surface area contributed by atoms with E-state index in [1.807, 2.05) is 41.5 Å². The van der Waals surface area contributed by atoms with Crippen LogP contribution < -0.4 is 5.32 Å². The highest BCUT2D eigenvalue weighted by Crippen LogP contribution is 2.22. The largest absolute Gasteiger partial charge is 0.444 e. The predicted octanol–water partition coefficient (Wildman–Crippen LogP) is 2.94. The summed E-state index contributed by atoms with van der Waals surface area (Å²) in [5, 5.41) is 2.99. The third kappa shape index (κ3) is 7.34. The molecule has 5 heteroatoms. The Kier molecular flexibility index (Phi) is 5.65. The number of piperidine rings is 1. The zero-order valence-electron chi connectivity index (χ0n) is 14.3. The van der Waals surface area contributed by atoms with E-state index in [0.29, 0.717) is 25.4 Å². The molecule has 5 nitrogen and oxygen atoms in total. The van der Waals surface area contributed by atoms with Crippen molar-refractivity contribution < 1.29 is 14.3 Å². The van der Waals surface area contributed by atoms with E-state index in [1.54, 1.807) is 4.90 Å². The third-order valence-electron chi connectivity index (χ3n) is 3.25. The molecular formula is C16H30N2O3. The molecule has 1 heterocycles. The Morgan fingerprint density at radius 1 is 1.10 bits per heavy atom. The first-order chi connectivity index (χ1) is 9.46. The van der Waals surface area contributed by atoms with E-state index in [4.69, 9.17) is 4.74 Å². The quantitative estimate of drug-likeness (QED) is 0.852. The van der Waals surface area contributed by atoms with E-state index in [-0.39, 0.29) is 17.5 Å². The van der Waals surface area contributed by atoms with Gasteiger partial charge in [0.05, 0.1) is 0 Å². The fraction of sp³-hybridized carbons (Fsp3) is 0.875. The lowest BCUT2D eigenvalue weighted by molar-refractivity contribution is -0.123. The Hall–Kier alpha value is -1.26. The molecule has 1 saturated heterocycles.